The highest BCUT2D eigenvalue weighted by molar-refractivity contribution is 5.60. The fourth-order valence-corrected chi connectivity index (χ4v) is 4.04. The summed E-state index contributed by atoms with van der Waals surface area (Å²) in [6.45, 7) is 7.13. The Hall–Kier alpha value is -2.82. The molecule has 0 aromatic carbocycles. The van der Waals surface area contributed by atoms with Crippen LogP contribution in [0.5, 0.6) is 5.88 Å². The van der Waals surface area contributed by atoms with Gasteiger partial charge in [-0.1, -0.05) is 0 Å². The van der Waals surface area contributed by atoms with Gasteiger partial charge in [0.05, 0.1) is 37.2 Å². The summed E-state index contributed by atoms with van der Waals surface area (Å²) in [6, 6.07) is 2.57. The van der Waals surface area contributed by atoms with Crippen LogP contribution in [-0.4, -0.2) is 59.2 Å². The Bertz CT molecular complexity index is 1010. The summed E-state index contributed by atoms with van der Waals surface area (Å²) in [5.41, 5.74) is -0.196. The van der Waals surface area contributed by atoms with Crippen LogP contribution in [0.2, 0.25) is 0 Å². The highest BCUT2D eigenvalue weighted by Gasteiger charge is 2.46. The summed E-state index contributed by atoms with van der Waals surface area (Å²) in [4.78, 5) is 25.2. The average molecular weight is 453 g/mol. The molecular weight excluding hydrogens is 427 g/mol. The maximum atomic E-state index is 13.8. The van der Waals surface area contributed by atoms with Gasteiger partial charge in [0, 0.05) is 25.2 Å². The lowest BCUT2D eigenvalue weighted by Gasteiger charge is -2.38. The predicted octanol–water partition coefficient (Wildman–Crippen LogP) is 3.30. The van der Waals surface area contributed by atoms with E-state index in [0.29, 0.717) is 37.1 Å². The van der Waals surface area contributed by atoms with E-state index in [1.807, 2.05) is 25.7 Å². The summed E-state index contributed by atoms with van der Waals surface area (Å²) in [7, 11) is 0. The zero-order chi connectivity index (χ0) is 23.0. The van der Waals surface area contributed by atoms with E-state index in [2.05, 4.69) is 9.97 Å². The predicted molar refractivity (Wildman–Crippen MR) is 113 cm³/mol. The van der Waals surface area contributed by atoms with Gasteiger partial charge in [0.15, 0.2) is 0 Å². The third-order valence-electron chi connectivity index (χ3n) is 5.53. The van der Waals surface area contributed by atoms with Crippen molar-refractivity contribution in [2.75, 3.05) is 36.1 Å². The van der Waals surface area contributed by atoms with Crippen LogP contribution in [0.3, 0.4) is 0 Å². The van der Waals surface area contributed by atoms with Gasteiger partial charge in [-0.05, 0) is 33.3 Å². The van der Waals surface area contributed by atoms with E-state index < -0.39 is 17.8 Å². The standard InChI is InChI=1S/C21H26F3N5O3/c1-13(2)32-18-5-4-15(11-25-18)28-7-6-16(21(22,23)24)29-19(30)10-17(26-20(28)29)27-8-9-31-12-14(27)3/h4-5,10-11,13-14,16H,6-9,12H2,1-3H3/t14-,16-/m1/s1. The second-order valence-electron chi connectivity index (χ2n) is 8.26. The van der Waals surface area contributed by atoms with Gasteiger partial charge in [-0.2, -0.15) is 18.2 Å². The van der Waals surface area contributed by atoms with Gasteiger partial charge in [-0.3, -0.25) is 9.36 Å². The lowest BCUT2D eigenvalue weighted by atomic mass is 10.1. The maximum absolute atomic E-state index is 13.8. The van der Waals surface area contributed by atoms with Gasteiger partial charge in [0.1, 0.15) is 11.9 Å². The lowest BCUT2D eigenvalue weighted by molar-refractivity contribution is -0.170. The number of fused-ring (bicyclic) bond motifs is 1. The molecule has 0 saturated carbocycles. The maximum Gasteiger partial charge on any atom is 0.409 e. The minimum Gasteiger partial charge on any atom is -0.475 e. The molecule has 2 aliphatic rings. The zero-order valence-corrected chi connectivity index (χ0v) is 18.2. The van der Waals surface area contributed by atoms with Crippen molar-refractivity contribution in [2.45, 2.75) is 51.6 Å². The number of pyridine rings is 1. The van der Waals surface area contributed by atoms with Crippen molar-refractivity contribution in [2.24, 2.45) is 0 Å². The first-order chi connectivity index (χ1) is 15.1. The van der Waals surface area contributed by atoms with Crippen LogP contribution in [0.25, 0.3) is 0 Å². The van der Waals surface area contributed by atoms with Crippen LogP contribution >= 0.6 is 0 Å². The van der Waals surface area contributed by atoms with E-state index in [4.69, 9.17) is 9.47 Å². The fourth-order valence-electron chi connectivity index (χ4n) is 4.04. The Morgan fingerprint density at radius 3 is 2.66 bits per heavy atom. The molecule has 4 heterocycles. The topological polar surface area (TPSA) is 72.7 Å². The number of hydrogen-bond acceptors (Lipinski definition) is 7. The molecule has 174 valence electrons. The van der Waals surface area contributed by atoms with Crippen molar-refractivity contribution in [3.63, 3.8) is 0 Å². The first-order valence-electron chi connectivity index (χ1n) is 10.6. The van der Waals surface area contributed by atoms with Crippen molar-refractivity contribution >= 4 is 17.5 Å². The van der Waals surface area contributed by atoms with Gasteiger partial charge >= 0.3 is 6.18 Å². The molecule has 2 aromatic rings. The Morgan fingerprint density at radius 2 is 2.03 bits per heavy atom. The van der Waals surface area contributed by atoms with Crippen LogP contribution in [0.4, 0.5) is 30.6 Å². The van der Waals surface area contributed by atoms with E-state index in [1.165, 1.54) is 12.3 Å². The quantitative estimate of drug-likeness (QED) is 0.703. The normalized spacial score (nSPS) is 21.6. The van der Waals surface area contributed by atoms with Gasteiger partial charge < -0.3 is 19.3 Å². The first-order valence-corrected chi connectivity index (χ1v) is 10.6. The number of rotatable bonds is 4. The van der Waals surface area contributed by atoms with Crippen LogP contribution in [0.1, 0.15) is 33.2 Å². The van der Waals surface area contributed by atoms with Crippen LogP contribution < -0.4 is 20.1 Å². The number of morpholine rings is 1. The molecule has 1 fully saturated rings. The third-order valence-corrected chi connectivity index (χ3v) is 5.53. The molecule has 0 bridgehead atoms. The highest BCUT2D eigenvalue weighted by atomic mass is 19.4. The Morgan fingerprint density at radius 1 is 1.25 bits per heavy atom. The molecule has 2 atom stereocenters. The second-order valence-corrected chi connectivity index (χ2v) is 8.26. The Kier molecular flexibility index (Phi) is 6.02. The molecule has 0 amide bonds. The van der Waals surface area contributed by atoms with Gasteiger partial charge in [-0.15, -0.1) is 0 Å². The summed E-state index contributed by atoms with van der Waals surface area (Å²) in [5.74, 6) is 0.715. The average Bonchev–Trinajstić information content (AvgIpc) is 2.73. The molecule has 4 rings (SSSR count). The lowest BCUT2D eigenvalue weighted by Crippen LogP contribution is -2.47. The minimum atomic E-state index is -4.56. The molecule has 0 radical (unpaired) electrons. The molecular formula is C21H26F3N5O3. The number of nitrogens with zero attached hydrogens (tertiary/aromatic N) is 5. The van der Waals surface area contributed by atoms with Crippen LogP contribution in [-0.2, 0) is 4.74 Å². The number of alkyl halides is 3. The second kappa shape index (κ2) is 8.61. The molecule has 2 aromatic heterocycles. The molecule has 2 aliphatic heterocycles. The van der Waals surface area contributed by atoms with Crippen LogP contribution in [0.15, 0.2) is 29.2 Å². The van der Waals surface area contributed by atoms with Crippen molar-refractivity contribution in [1.29, 1.82) is 0 Å². The fraction of sp³-hybridized carbons (Fsp3) is 0.571. The van der Waals surface area contributed by atoms with Crippen molar-refractivity contribution < 1.29 is 22.6 Å². The highest BCUT2D eigenvalue weighted by Crippen LogP contribution is 2.40. The smallest absolute Gasteiger partial charge is 0.409 e. The summed E-state index contributed by atoms with van der Waals surface area (Å²) in [5, 5.41) is 0. The van der Waals surface area contributed by atoms with E-state index in [1.54, 1.807) is 17.0 Å². The van der Waals surface area contributed by atoms with E-state index in [0.717, 1.165) is 4.57 Å². The zero-order valence-electron chi connectivity index (χ0n) is 18.2. The molecule has 32 heavy (non-hydrogen) atoms. The Labute approximate surface area is 183 Å². The van der Waals surface area contributed by atoms with E-state index >= 15 is 0 Å². The van der Waals surface area contributed by atoms with E-state index in [-0.39, 0.29) is 31.1 Å². The summed E-state index contributed by atoms with van der Waals surface area (Å²) in [6.07, 6.45) is -3.37. The monoisotopic (exact) mass is 453 g/mol. The van der Waals surface area contributed by atoms with Crippen molar-refractivity contribution in [3.8, 4) is 5.88 Å². The third kappa shape index (κ3) is 4.38. The van der Waals surface area contributed by atoms with Gasteiger partial charge in [0.25, 0.3) is 5.56 Å². The summed E-state index contributed by atoms with van der Waals surface area (Å²) >= 11 is 0. The molecule has 1 saturated heterocycles. The molecule has 0 spiro atoms. The number of aromatic nitrogens is 3. The van der Waals surface area contributed by atoms with Crippen LogP contribution in [0, 0.1) is 0 Å². The molecule has 11 heteroatoms. The largest absolute Gasteiger partial charge is 0.475 e. The summed E-state index contributed by atoms with van der Waals surface area (Å²) < 4.78 is 53.0. The molecule has 0 unspecified atom stereocenters. The van der Waals surface area contributed by atoms with Crippen molar-refractivity contribution in [1.82, 2.24) is 14.5 Å². The van der Waals surface area contributed by atoms with Gasteiger partial charge in [-0.25, -0.2) is 4.98 Å². The van der Waals surface area contributed by atoms with E-state index in [9.17, 15) is 18.0 Å². The number of anilines is 3. The number of halogens is 3. The Balaban J connectivity index is 1.78. The SMILES string of the molecule is CC(C)Oc1ccc(N2CC[C@H](C(F)(F)F)n3c2nc(N2CCOC[C@H]2C)cc3=O)cn1. The minimum absolute atomic E-state index is 0.0425. The molecule has 0 aliphatic carbocycles. The number of ether oxygens (including phenoxy) is 2. The van der Waals surface area contributed by atoms with Gasteiger partial charge in [0.2, 0.25) is 11.8 Å². The van der Waals surface area contributed by atoms with Crippen molar-refractivity contribution in [3.05, 3.63) is 34.7 Å². The first kappa shape index (κ1) is 22.4. The number of hydrogen-bond donors (Lipinski definition) is 0. The molecule has 8 nitrogen and oxygen atoms in total. The molecule has 0 N–H and O–H groups in total.